The average molecular weight is 310 g/mol. The number of ether oxygens (including phenoxy) is 2. The molecule has 0 bridgehead atoms. The number of aromatic hydroxyl groups is 2. The molecule has 2 N–H and O–H groups in total. The molecule has 0 radical (unpaired) electrons. The summed E-state index contributed by atoms with van der Waals surface area (Å²) in [6, 6.07) is 22.7. The van der Waals surface area contributed by atoms with Gasteiger partial charge in [-0.1, -0.05) is 18.2 Å². The van der Waals surface area contributed by atoms with Crippen LogP contribution in [0.1, 0.15) is 0 Å². The van der Waals surface area contributed by atoms with E-state index in [9.17, 15) is 0 Å². The van der Waals surface area contributed by atoms with Gasteiger partial charge in [-0.3, -0.25) is 0 Å². The van der Waals surface area contributed by atoms with E-state index in [2.05, 4.69) is 0 Å². The number of rotatable bonds is 3. The molecule has 3 rings (SSSR count). The maximum absolute atomic E-state index is 9.07. The van der Waals surface area contributed by atoms with Crippen LogP contribution in [-0.2, 0) is 0 Å². The summed E-state index contributed by atoms with van der Waals surface area (Å²) < 4.78 is 10.4. The fourth-order valence-electron chi connectivity index (χ4n) is 1.72. The topological polar surface area (TPSA) is 58.9 Å². The first-order chi connectivity index (χ1) is 11.2. The summed E-state index contributed by atoms with van der Waals surface area (Å²) in [5.41, 5.74) is 0. The number of benzene rings is 3. The van der Waals surface area contributed by atoms with Gasteiger partial charge in [0.2, 0.25) is 0 Å². The number of phenolic OH excluding ortho intramolecular Hbond substituents is 2. The first-order valence-electron chi connectivity index (χ1n) is 7.02. The normalized spacial score (nSPS) is 9.43. The Morgan fingerprint density at radius 3 is 1.48 bits per heavy atom. The minimum atomic E-state index is 0.241. The quantitative estimate of drug-likeness (QED) is 0.743. The van der Waals surface area contributed by atoms with Crippen LogP contribution >= 0.6 is 0 Å². The molecule has 0 aliphatic rings. The predicted octanol–water partition coefficient (Wildman–Crippen LogP) is 4.59. The number of methoxy groups -OCH3 is 1. The molecule has 0 amide bonds. The van der Waals surface area contributed by atoms with Crippen molar-refractivity contribution < 1.29 is 19.7 Å². The Bertz CT molecular complexity index is 692. The van der Waals surface area contributed by atoms with E-state index in [0.717, 1.165) is 11.5 Å². The Labute approximate surface area is 135 Å². The SMILES string of the molecule is COc1ccc(O)cc1.Oc1ccc(Oc2ccccc2)cc1. The van der Waals surface area contributed by atoms with Crippen molar-refractivity contribution in [1.29, 1.82) is 0 Å². The molecule has 0 atom stereocenters. The number of phenols is 2. The van der Waals surface area contributed by atoms with Crippen LogP contribution in [0, 0.1) is 0 Å². The van der Waals surface area contributed by atoms with Gasteiger partial charge >= 0.3 is 0 Å². The first kappa shape index (κ1) is 16.2. The smallest absolute Gasteiger partial charge is 0.127 e. The lowest BCUT2D eigenvalue weighted by atomic mass is 10.3. The van der Waals surface area contributed by atoms with E-state index in [0.29, 0.717) is 5.75 Å². The van der Waals surface area contributed by atoms with Gasteiger partial charge in [-0.25, -0.2) is 0 Å². The summed E-state index contributed by atoms with van der Waals surface area (Å²) in [5.74, 6) is 2.77. The standard InChI is InChI=1S/C12H10O2.C7H8O2/c13-10-6-8-12(9-7-10)14-11-4-2-1-3-5-11;1-9-7-4-2-6(8)3-5-7/h1-9,13H;2-5,8H,1H3. The second kappa shape index (κ2) is 8.34. The Hall–Kier alpha value is -3.14. The molecular weight excluding hydrogens is 292 g/mol. The van der Waals surface area contributed by atoms with Crippen LogP contribution in [0.5, 0.6) is 28.7 Å². The van der Waals surface area contributed by atoms with E-state index in [1.54, 1.807) is 55.6 Å². The maximum atomic E-state index is 9.07. The molecule has 0 aromatic heterocycles. The zero-order valence-corrected chi connectivity index (χ0v) is 12.7. The molecule has 0 saturated heterocycles. The molecule has 4 heteroatoms. The highest BCUT2D eigenvalue weighted by Crippen LogP contribution is 2.22. The number of hydrogen-bond acceptors (Lipinski definition) is 4. The van der Waals surface area contributed by atoms with Crippen LogP contribution in [0.3, 0.4) is 0 Å². The molecule has 0 unspecified atom stereocenters. The van der Waals surface area contributed by atoms with Gasteiger partial charge in [0.05, 0.1) is 7.11 Å². The van der Waals surface area contributed by atoms with Crippen molar-refractivity contribution in [3.8, 4) is 28.7 Å². The fraction of sp³-hybridized carbons (Fsp3) is 0.0526. The summed E-state index contributed by atoms with van der Waals surface area (Å²) in [4.78, 5) is 0. The van der Waals surface area contributed by atoms with Gasteiger partial charge in [-0.2, -0.15) is 0 Å². The van der Waals surface area contributed by atoms with E-state index >= 15 is 0 Å². The van der Waals surface area contributed by atoms with Crippen LogP contribution < -0.4 is 9.47 Å². The number of para-hydroxylation sites is 1. The lowest BCUT2D eigenvalue weighted by molar-refractivity contribution is 0.412. The fourth-order valence-corrected chi connectivity index (χ4v) is 1.72. The average Bonchev–Trinajstić information content (AvgIpc) is 2.59. The molecule has 118 valence electrons. The summed E-state index contributed by atoms with van der Waals surface area (Å²) in [6.45, 7) is 0. The van der Waals surface area contributed by atoms with E-state index in [-0.39, 0.29) is 11.5 Å². The van der Waals surface area contributed by atoms with Crippen molar-refractivity contribution >= 4 is 0 Å². The summed E-state index contributed by atoms with van der Waals surface area (Å²) in [7, 11) is 1.59. The molecule has 0 spiro atoms. The van der Waals surface area contributed by atoms with Gasteiger partial charge in [-0.15, -0.1) is 0 Å². The third-order valence-electron chi connectivity index (χ3n) is 2.89. The maximum Gasteiger partial charge on any atom is 0.127 e. The van der Waals surface area contributed by atoms with Crippen LogP contribution in [0.25, 0.3) is 0 Å². The molecule has 0 fully saturated rings. The highest BCUT2D eigenvalue weighted by atomic mass is 16.5. The monoisotopic (exact) mass is 310 g/mol. The molecule has 3 aromatic carbocycles. The third kappa shape index (κ3) is 5.63. The summed E-state index contributed by atoms with van der Waals surface area (Å²) in [5, 5.41) is 17.9. The van der Waals surface area contributed by atoms with Gasteiger partial charge in [0.1, 0.15) is 28.7 Å². The van der Waals surface area contributed by atoms with Gasteiger partial charge < -0.3 is 19.7 Å². The summed E-state index contributed by atoms with van der Waals surface area (Å²) >= 11 is 0. The Balaban J connectivity index is 0.000000185. The molecule has 3 aromatic rings. The molecule has 0 aliphatic carbocycles. The molecule has 4 nitrogen and oxygen atoms in total. The summed E-state index contributed by atoms with van der Waals surface area (Å²) in [6.07, 6.45) is 0. The second-order valence-electron chi connectivity index (χ2n) is 4.61. The van der Waals surface area contributed by atoms with Crippen molar-refractivity contribution in [2.75, 3.05) is 7.11 Å². The van der Waals surface area contributed by atoms with Crippen molar-refractivity contribution in [2.24, 2.45) is 0 Å². The lowest BCUT2D eigenvalue weighted by Crippen LogP contribution is -1.81. The van der Waals surface area contributed by atoms with Crippen LogP contribution in [-0.4, -0.2) is 17.3 Å². The second-order valence-corrected chi connectivity index (χ2v) is 4.61. The Morgan fingerprint density at radius 2 is 1.00 bits per heavy atom. The van der Waals surface area contributed by atoms with E-state index < -0.39 is 0 Å². The largest absolute Gasteiger partial charge is 0.508 e. The van der Waals surface area contributed by atoms with Crippen molar-refractivity contribution in [3.05, 3.63) is 78.9 Å². The van der Waals surface area contributed by atoms with E-state index in [1.165, 1.54) is 0 Å². The van der Waals surface area contributed by atoms with Gasteiger partial charge in [-0.05, 0) is 60.7 Å². The Kier molecular flexibility index (Phi) is 5.89. The molecule has 23 heavy (non-hydrogen) atoms. The lowest BCUT2D eigenvalue weighted by Gasteiger charge is -2.04. The Morgan fingerprint density at radius 1 is 0.565 bits per heavy atom. The molecule has 0 saturated carbocycles. The van der Waals surface area contributed by atoms with Crippen molar-refractivity contribution in [1.82, 2.24) is 0 Å². The highest BCUT2D eigenvalue weighted by molar-refractivity contribution is 5.34. The van der Waals surface area contributed by atoms with E-state index in [4.69, 9.17) is 19.7 Å². The zero-order valence-electron chi connectivity index (χ0n) is 12.7. The van der Waals surface area contributed by atoms with Gasteiger partial charge in [0, 0.05) is 0 Å². The number of hydrogen-bond donors (Lipinski definition) is 2. The molecule has 0 heterocycles. The highest BCUT2D eigenvalue weighted by Gasteiger charge is 1.95. The first-order valence-corrected chi connectivity index (χ1v) is 7.02. The van der Waals surface area contributed by atoms with E-state index in [1.807, 2.05) is 30.3 Å². The minimum absolute atomic E-state index is 0.241. The van der Waals surface area contributed by atoms with Crippen LogP contribution in [0.4, 0.5) is 0 Å². The minimum Gasteiger partial charge on any atom is -0.508 e. The molecular formula is C19H18O4. The van der Waals surface area contributed by atoms with Crippen molar-refractivity contribution in [3.63, 3.8) is 0 Å². The van der Waals surface area contributed by atoms with Crippen molar-refractivity contribution in [2.45, 2.75) is 0 Å². The van der Waals surface area contributed by atoms with Crippen LogP contribution in [0.2, 0.25) is 0 Å². The van der Waals surface area contributed by atoms with Gasteiger partial charge in [0.25, 0.3) is 0 Å². The van der Waals surface area contributed by atoms with Gasteiger partial charge in [0.15, 0.2) is 0 Å². The van der Waals surface area contributed by atoms with Crippen LogP contribution in [0.15, 0.2) is 78.9 Å². The molecule has 0 aliphatic heterocycles. The zero-order chi connectivity index (χ0) is 16.5. The third-order valence-corrected chi connectivity index (χ3v) is 2.89. The predicted molar refractivity (Wildman–Crippen MR) is 89.3 cm³/mol.